The highest BCUT2D eigenvalue weighted by Crippen LogP contribution is 2.35. The predicted octanol–water partition coefficient (Wildman–Crippen LogP) is 2.26. The van der Waals surface area contributed by atoms with Crippen LogP contribution in [0.25, 0.3) is 0 Å². The molecule has 116 valence electrons. The van der Waals surface area contributed by atoms with Crippen LogP contribution in [0.2, 0.25) is 0 Å². The van der Waals surface area contributed by atoms with Gasteiger partial charge in [0.25, 0.3) is 0 Å². The number of hydrogen-bond donors (Lipinski definition) is 2. The Balaban J connectivity index is 2.31. The first-order valence-electron chi connectivity index (χ1n) is 6.09. The minimum absolute atomic E-state index is 0.0711. The van der Waals surface area contributed by atoms with E-state index in [1.807, 2.05) is 0 Å². The van der Waals surface area contributed by atoms with Gasteiger partial charge >= 0.3 is 5.97 Å². The normalized spacial score (nSPS) is 16.7. The summed E-state index contributed by atoms with van der Waals surface area (Å²) >= 11 is 2.81. The summed E-state index contributed by atoms with van der Waals surface area (Å²) in [6.45, 7) is 0. The van der Waals surface area contributed by atoms with Crippen LogP contribution in [0.4, 0.5) is 8.78 Å². The maximum Gasteiger partial charge on any atom is 0.304 e. The maximum atomic E-state index is 13.7. The van der Waals surface area contributed by atoms with Crippen LogP contribution in [0.3, 0.4) is 0 Å². The van der Waals surface area contributed by atoms with Gasteiger partial charge in [0.2, 0.25) is 10.0 Å². The van der Waals surface area contributed by atoms with Crippen molar-refractivity contribution < 1.29 is 27.1 Å². The first kappa shape index (κ1) is 16.3. The fourth-order valence-corrected chi connectivity index (χ4v) is 4.51. The van der Waals surface area contributed by atoms with E-state index in [4.69, 9.17) is 5.11 Å². The van der Waals surface area contributed by atoms with Gasteiger partial charge in [-0.05, 0) is 40.8 Å². The summed E-state index contributed by atoms with van der Waals surface area (Å²) in [5.74, 6) is -3.37. The summed E-state index contributed by atoms with van der Waals surface area (Å²) in [7, 11) is -4.29. The molecule has 1 aliphatic carbocycles. The lowest BCUT2D eigenvalue weighted by atomic mass is 10.1. The third kappa shape index (κ3) is 3.98. The van der Waals surface area contributed by atoms with Gasteiger partial charge in [0.05, 0.1) is 6.42 Å². The number of carboxylic acids is 1. The van der Waals surface area contributed by atoms with Gasteiger partial charge in [-0.3, -0.25) is 4.79 Å². The van der Waals surface area contributed by atoms with Crippen molar-refractivity contribution >= 4 is 31.9 Å². The van der Waals surface area contributed by atoms with Crippen molar-refractivity contribution in [3.8, 4) is 0 Å². The van der Waals surface area contributed by atoms with Crippen LogP contribution in [0.1, 0.15) is 19.3 Å². The highest BCUT2D eigenvalue weighted by molar-refractivity contribution is 9.10. The van der Waals surface area contributed by atoms with Crippen LogP contribution in [-0.2, 0) is 14.8 Å². The Morgan fingerprint density at radius 1 is 1.43 bits per heavy atom. The molecule has 0 aromatic heterocycles. The molecule has 2 rings (SSSR count). The molecule has 0 aliphatic heterocycles. The summed E-state index contributed by atoms with van der Waals surface area (Å²) in [5.41, 5.74) is 0. The lowest BCUT2D eigenvalue weighted by Crippen LogP contribution is -2.38. The van der Waals surface area contributed by atoms with Crippen LogP contribution < -0.4 is 4.72 Å². The molecule has 0 amide bonds. The van der Waals surface area contributed by atoms with E-state index in [-0.39, 0.29) is 16.8 Å². The lowest BCUT2D eigenvalue weighted by Gasteiger charge is -2.17. The van der Waals surface area contributed by atoms with Gasteiger partial charge in [-0.1, -0.05) is 0 Å². The molecule has 0 radical (unpaired) electrons. The minimum Gasteiger partial charge on any atom is -0.481 e. The number of aliphatic carboxylic acids is 1. The molecule has 0 heterocycles. The molecule has 1 aliphatic rings. The fourth-order valence-electron chi connectivity index (χ4n) is 2.04. The summed E-state index contributed by atoms with van der Waals surface area (Å²) in [6, 6.07) is 0.493. The Labute approximate surface area is 128 Å². The number of nitrogens with one attached hydrogen (secondary N) is 1. The first-order valence-corrected chi connectivity index (χ1v) is 8.37. The van der Waals surface area contributed by atoms with Crippen LogP contribution in [-0.4, -0.2) is 25.5 Å². The van der Waals surface area contributed by atoms with Gasteiger partial charge in [0, 0.05) is 16.6 Å². The average Bonchev–Trinajstić information content (AvgIpc) is 3.07. The molecule has 2 N–H and O–H groups in total. The van der Waals surface area contributed by atoms with Crippen molar-refractivity contribution in [2.75, 3.05) is 0 Å². The number of carboxylic acid groups (broad SMARTS) is 1. The lowest BCUT2D eigenvalue weighted by molar-refractivity contribution is -0.137. The minimum atomic E-state index is -4.29. The molecule has 1 unspecified atom stereocenters. The Hall–Kier alpha value is -1.06. The van der Waals surface area contributed by atoms with Gasteiger partial charge in [-0.25, -0.2) is 21.9 Å². The SMILES string of the molecule is O=C(O)CC(NS(=O)(=O)c1c(F)cc(F)cc1Br)C1CC1. The third-order valence-electron chi connectivity index (χ3n) is 3.12. The van der Waals surface area contributed by atoms with Crippen LogP contribution >= 0.6 is 15.9 Å². The maximum absolute atomic E-state index is 13.7. The molecular weight excluding hydrogens is 372 g/mol. The van der Waals surface area contributed by atoms with Gasteiger partial charge < -0.3 is 5.11 Å². The van der Waals surface area contributed by atoms with Crippen molar-refractivity contribution in [2.45, 2.75) is 30.2 Å². The highest BCUT2D eigenvalue weighted by Gasteiger charge is 2.37. The number of hydrogen-bond acceptors (Lipinski definition) is 3. The molecule has 0 saturated heterocycles. The number of carbonyl (C=O) groups is 1. The largest absolute Gasteiger partial charge is 0.481 e. The van der Waals surface area contributed by atoms with Crippen LogP contribution in [0.5, 0.6) is 0 Å². The molecule has 1 aromatic rings. The molecule has 0 spiro atoms. The van der Waals surface area contributed by atoms with E-state index in [0.29, 0.717) is 18.9 Å². The second-order valence-electron chi connectivity index (χ2n) is 4.86. The molecule has 1 aromatic carbocycles. The molecular formula is C12H12BrF2NO4S. The number of rotatable bonds is 6. The zero-order valence-corrected chi connectivity index (χ0v) is 13.0. The van der Waals surface area contributed by atoms with Crippen molar-refractivity contribution in [3.63, 3.8) is 0 Å². The quantitative estimate of drug-likeness (QED) is 0.788. The predicted molar refractivity (Wildman–Crippen MR) is 73.1 cm³/mol. The molecule has 5 nitrogen and oxygen atoms in total. The van der Waals surface area contributed by atoms with Gasteiger partial charge in [-0.2, -0.15) is 0 Å². The molecule has 1 saturated carbocycles. The van der Waals surface area contributed by atoms with E-state index in [1.54, 1.807) is 0 Å². The second kappa shape index (κ2) is 5.98. The molecule has 0 bridgehead atoms. The number of benzene rings is 1. The smallest absolute Gasteiger partial charge is 0.304 e. The second-order valence-corrected chi connectivity index (χ2v) is 7.37. The summed E-state index contributed by atoms with van der Waals surface area (Å²) < 4.78 is 53.1. The van der Waals surface area contributed by atoms with Crippen molar-refractivity contribution in [3.05, 3.63) is 28.2 Å². The van der Waals surface area contributed by atoms with E-state index in [9.17, 15) is 22.0 Å². The molecule has 1 atom stereocenters. The third-order valence-corrected chi connectivity index (χ3v) is 5.58. The zero-order chi connectivity index (χ0) is 15.8. The summed E-state index contributed by atoms with van der Waals surface area (Å²) in [4.78, 5) is 10.1. The summed E-state index contributed by atoms with van der Waals surface area (Å²) in [6.07, 6.45) is 1.05. The van der Waals surface area contributed by atoms with E-state index in [0.717, 1.165) is 6.07 Å². The monoisotopic (exact) mass is 383 g/mol. The highest BCUT2D eigenvalue weighted by atomic mass is 79.9. The van der Waals surface area contributed by atoms with E-state index >= 15 is 0 Å². The van der Waals surface area contributed by atoms with Gasteiger partial charge in [0.1, 0.15) is 16.5 Å². The molecule has 1 fully saturated rings. The first-order chi connectivity index (χ1) is 9.70. The topological polar surface area (TPSA) is 83.5 Å². The fraction of sp³-hybridized carbons (Fsp3) is 0.417. The van der Waals surface area contributed by atoms with Crippen LogP contribution in [0, 0.1) is 17.6 Å². The van der Waals surface area contributed by atoms with E-state index in [1.165, 1.54) is 0 Å². The van der Waals surface area contributed by atoms with Gasteiger partial charge in [-0.15, -0.1) is 0 Å². The van der Waals surface area contributed by atoms with E-state index in [2.05, 4.69) is 20.7 Å². The molecule has 9 heteroatoms. The number of halogens is 3. The zero-order valence-electron chi connectivity index (χ0n) is 10.6. The van der Waals surface area contributed by atoms with E-state index < -0.39 is 38.6 Å². The standard InChI is InChI=1S/C12H12BrF2NO4S/c13-8-3-7(14)4-9(15)12(8)21(19,20)16-10(5-11(17)18)6-1-2-6/h3-4,6,10,16H,1-2,5H2,(H,17,18). The van der Waals surface area contributed by atoms with Crippen molar-refractivity contribution in [1.82, 2.24) is 4.72 Å². The average molecular weight is 384 g/mol. The van der Waals surface area contributed by atoms with Crippen LogP contribution in [0.15, 0.2) is 21.5 Å². The van der Waals surface area contributed by atoms with Crippen molar-refractivity contribution in [1.29, 1.82) is 0 Å². The van der Waals surface area contributed by atoms with Gasteiger partial charge in [0.15, 0.2) is 0 Å². The molecule has 21 heavy (non-hydrogen) atoms. The Morgan fingerprint density at radius 2 is 2.05 bits per heavy atom. The summed E-state index contributed by atoms with van der Waals surface area (Å²) in [5, 5.41) is 8.81. The van der Waals surface area contributed by atoms with Crippen molar-refractivity contribution in [2.24, 2.45) is 5.92 Å². The Bertz CT molecular complexity index is 653. The Kier molecular flexibility index (Phi) is 4.64. The Morgan fingerprint density at radius 3 is 2.52 bits per heavy atom. The number of sulfonamides is 1.